The summed E-state index contributed by atoms with van der Waals surface area (Å²) in [4.78, 5) is 12.2. The zero-order chi connectivity index (χ0) is 17.5. The van der Waals surface area contributed by atoms with Crippen molar-refractivity contribution in [2.45, 2.75) is 12.8 Å². The number of guanidine groups is 1. The van der Waals surface area contributed by atoms with Crippen molar-refractivity contribution >= 4 is 52.6 Å². The van der Waals surface area contributed by atoms with Gasteiger partial charge in [0.15, 0.2) is 5.96 Å². The number of H-pyrrole nitrogens is 1. The van der Waals surface area contributed by atoms with Crippen LogP contribution < -0.4 is 10.6 Å². The molecular weight excluding hydrogens is 461 g/mol. The van der Waals surface area contributed by atoms with Gasteiger partial charge >= 0.3 is 0 Å². The number of benzene rings is 2. The van der Waals surface area contributed by atoms with Crippen LogP contribution in [0, 0.1) is 0 Å². The third-order valence-corrected chi connectivity index (χ3v) is 4.33. The largest absolute Gasteiger partial charge is 0.356 e. The minimum Gasteiger partial charge on any atom is -0.356 e. The van der Waals surface area contributed by atoms with Gasteiger partial charge < -0.3 is 15.6 Å². The van der Waals surface area contributed by atoms with Gasteiger partial charge in [-0.1, -0.05) is 41.9 Å². The van der Waals surface area contributed by atoms with E-state index in [4.69, 9.17) is 11.6 Å². The molecule has 7 heteroatoms. The summed E-state index contributed by atoms with van der Waals surface area (Å²) < 4.78 is 0. The molecule has 0 bridgehead atoms. The lowest BCUT2D eigenvalue weighted by Gasteiger charge is -2.11. The normalized spacial score (nSPS) is 11.2. The maximum absolute atomic E-state index is 6.17. The van der Waals surface area contributed by atoms with Gasteiger partial charge in [0.2, 0.25) is 0 Å². The van der Waals surface area contributed by atoms with Gasteiger partial charge in [-0.25, -0.2) is 4.98 Å². The first-order valence-corrected chi connectivity index (χ1v) is 8.75. The molecule has 3 N–H and O–H groups in total. The molecule has 2 aromatic carbocycles. The van der Waals surface area contributed by atoms with Crippen LogP contribution in [0.3, 0.4) is 0 Å². The second-order valence-electron chi connectivity index (χ2n) is 5.72. The van der Waals surface area contributed by atoms with Crippen molar-refractivity contribution in [3.63, 3.8) is 0 Å². The number of imidazole rings is 1. The predicted octanol–water partition coefficient (Wildman–Crippen LogP) is 3.78. The number of hydrogen-bond acceptors (Lipinski definition) is 2. The lowest BCUT2D eigenvalue weighted by molar-refractivity contribution is 0.770. The third-order valence-electron chi connectivity index (χ3n) is 3.96. The van der Waals surface area contributed by atoms with Crippen LogP contribution in [-0.2, 0) is 12.8 Å². The summed E-state index contributed by atoms with van der Waals surface area (Å²) in [5.41, 5.74) is 3.20. The number of hydrogen-bond donors (Lipinski definition) is 3. The van der Waals surface area contributed by atoms with Gasteiger partial charge in [-0.05, 0) is 30.2 Å². The van der Waals surface area contributed by atoms with Crippen molar-refractivity contribution in [3.8, 4) is 0 Å². The minimum atomic E-state index is 0. The van der Waals surface area contributed by atoms with Crippen LogP contribution in [0.1, 0.15) is 11.4 Å². The van der Waals surface area contributed by atoms with Crippen molar-refractivity contribution in [1.29, 1.82) is 0 Å². The molecular formula is C19H23ClIN5. The molecule has 3 aromatic rings. The summed E-state index contributed by atoms with van der Waals surface area (Å²) in [5, 5.41) is 7.42. The van der Waals surface area contributed by atoms with Crippen LogP contribution in [-0.4, -0.2) is 36.1 Å². The molecule has 0 aliphatic heterocycles. The Morgan fingerprint density at radius 1 is 1.04 bits per heavy atom. The lowest BCUT2D eigenvalue weighted by Crippen LogP contribution is -2.39. The molecule has 0 aliphatic rings. The molecule has 0 saturated carbocycles. The SMILES string of the molecule is CN=C(NCCc1nc2ccccc2[nH]1)NCCc1ccccc1Cl.I. The van der Waals surface area contributed by atoms with Gasteiger partial charge in [0.05, 0.1) is 11.0 Å². The fourth-order valence-corrected chi connectivity index (χ4v) is 2.89. The Bertz CT molecular complexity index is 829. The molecule has 0 aliphatic carbocycles. The molecule has 0 saturated heterocycles. The van der Waals surface area contributed by atoms with E-state index in [-0.39, 0.29) is 24.0 Å². The quantitative estimate of drug-likeness (QED) is 0.284. The standard InChI is InChI=1S/C19H22ClN5.HI/c1-21-19(22-12-10-14-6-2-3-7-15(14)20)23-13-11-18-24-16-8-4-5-9-17(16)25-18;/h2-9H,10-13H2,1H3,(H,24,25)(H2,21,22,23);1H. The van der Waals surface area contributed by atoms with E-state index in [1.807, 2.05) is 48.5 Å². The summed E-state index contributed by atoms with van der Waals surface area (Å²) in [7, 11) is 1.77. The summed E-state index contributed by atoms with van der Waals surface area (Å²) in [6.45, 7) is 1.53. The van der Waals surface area contributed by atoms with Gasteiger partial charge in [-0.15, -0.1) is 24.0 Å². The summed E-state index contributed by atoms with van der Waals surface area (Å²) in [6, 6.07) is 16.0. The molecule has 0 unspecified atom stereocenters. The van der Waals surface area contributed by atoms with Gasteiger partial charge in [0.25, 0.3) is 0 Å². The van der Waals surface area contributed by atoms with Crippen molar-refractivity contribution < 1.29 is 0 Å². The van der Waals surface area contributed by atoms with Crippen molar-refractivity contribution in [2.24, 2.45) is 4.99 Å². The Hall–Kier alpha value is -1.80. The topological polar surface area (TPSA) is 65.1 Å². The Balaban J connectivity index is 0.00000243. The third kappa shape index (κ3) is 5.60. The Labute approximate surface area is 175 Å². The second-order valence-corrected chi connectivity index (χ2v) is 6.13. The Morgan fingerprint density at radius 3 is 2.46 bits per heavy atom. The highest BCUT2D eigenvalue weighted by atomic mass is 127. The number of aromatic nitrogens is 2. The summed E-state index contributed by atoms with van der Waals surface area (Å²) in [5.74, 6) is 1.75. The molecule has 1 heterocycles. The van der Waals surface area contributed by atoms with E-state index in [1.165, 1.54) is 0 Å². The fraction of sp³-hybridized carbons (Fsp3) is 0.263. The number of halogens is 2. The molecule has 0 radical (unpaired) electrons. The highest BCUT2D eigenvalue weighted by Crippen LogP contribution is 2.14. The first kappa shape index (κ1) is 20.5. The molecule has 0 atom stereocenters. The van der Waals surface area contributed by atoms with Crippen molar-refractivity contribution in [1.82, 2.24) is 20.6 Å². The molecule has 26 heavy (non-hydrogen) atoms. The van der Waals surface area contributed by atoms with E-state index in [0.717, 1.165) is 59.3 Å². The zero-order valence-corrected chi connectivity index (χ0v) is 17.7. The number of aliphatic imine (C=N–C) groups is 1. The highest BCUT2D eigenvalue weighted by molar-refractivity contribution is 14.0. The molecule has 1 aromatic heterocycles. The van der Waals surface area contributed by atoms with Crippen LogP contribution in [0.4, 0.5) is 0 Å². The number of nitrogens with one attached hydrogen (secondary N) is 3. The Morgan fingerprint density at radius 2 is 1.73 bits per heavy atom. The van der Waals surface area contributed by atoms with Gasteiger partial charge in [0.1, 0.15) is 5.82 Å². The maximum atomic E-state index is 6.17. The van der Waals surface area contributed by atoms with E-state index in [0.29, 0.717) is 0 Å². The van der Waals surface area contributed by atoms with Crippen LogP contribution in [0.2, 0.25) is 5.02 Å². The summed E-state index contributed by atoms with van der Waals surface area (Å²) in [6.07, 6.45) is 1.66. The van der Waals surface area contributed by atoms with E-state index in [1.54, 1.807) is 7.05 Å². The van der Waals surface area contributed by atoms with Gasteiger partial charge in [-0.3, -0.25) is 4.99 Å². The van der Waals surface area contributed by atoms with E-state index in [9.17, 15) is 0 Å². The number of nitrogens with zero attached hydrogens (tertiary/aromatic N) is 2. The molecule has 5 nitrogen and oxygen atoms in total. The number of para-hydroxylation sites is 2. The Kier molecular flexibility index (Phi) is 8.18. The zero-order valence-electron chi connectivity index (χ0n) is 14.6. The predicted molar refractivity (Wildman–Crippen MR) is 120 cm³/mol. The summed E-state index contributed by atoms with van der Waals surface area (Å²) >= 11 is 6.17. The van der Waals surface area contributed by atoms with E-state index < -0.39 is 0 Å². The molecule has 0 fully saturated rings. The average molecular weight is 484 g/mol. The van der Waals surface area contributed by atoms with Crippen LogP contribution in [0.15, 0.2) is 53.5 Å². The monoisotopic (exact) mass is 483 g/mol. The maximum Gasteiger partial charge on any atom is 0.191 e. The molecule has 0 spiro atoms. The van der Waals surface area contributed by atoms with Gasteiger partial charge in [-0.2, -0.15) is 0 Å². The lowest BCUT2D eigenvalue weighted by atomic mass is 10.1. The van der Waals surface area contributed by atoms with Crippen LogP contribution >= 0.6 is 35.6 Å². The number of rotatable bonds is 6. The minimum absolute atomic E-state index is 0. The van der Waals surface area contributed by atoms with Gasteiger partial charge in [0, 0.05) is 31.6 Å². The van der Waals surface area contributed by atoms with E-state index >= 15 is 0 Å². The first-order valence-electron chi connectivity index (χ1n) is 8.38. The van der Waals surface area contributed by atoms with Crippen LogP contribution in [0.5, 0.6) is 0 Å². The van der Waals surface area contributed by atoms with Crippen LogP contribution in [0.25, 0.3) is 11.0 Å². The van der Waals surface area contributed by atoms with Crippen molar-refractivity contribution in [3.05, 3.63) is 64.9 Å². The second kappa shape index (κ2) is 10.4. The molecule has 0 amide bonds. The number of aromatic amines is 1. The molecule has 3 rings (SSSR count). The highest BCUT2D eigenvalue weighted by Gasteiger charge is 2.03. The number of fused-ring (bicyclic) bond motifs is 1. The van der Waals surface area contributed by atoms with Crippen molar-refractivity contribution in [2.75, 3.05) is 20.1 Å². The van der Waals surface area contributed by atoms with E-state index in [2.05, 4.69) is 25.6 Å². The fourth-order valence-electron chi connectivity index (χ4n) is 2.66. The smallest absolute Gasteiger partial charge is 0.191 e. The average Bonchev–Trinajstić information content (AvgIpc) is 3.04. The first-order chi connectivity index (χ1) is 12.3. The molecule has 138 valence electrons.